The molecule has 1 heterocycles. The van der Waals surface area contributed by atoms with Crippen LogP contribution in [-0.2, 0) is 6.54 Å². The number of hydrogen-bond donors (Lipinski definition) is 1. The standard InChI is InChI=1S/C14H21ClN2/c1-17(13-6-4-9-16-10-8-13)11-12-5-2-3-7-14(12)15/h2-3,5,7,13,16H,4,6,8-11H2,1H3. The van der Waals surface area contributed by atoms with Gasteiger partial charge in [0.05, 0.1) is 0 Å². The van der Waals surface area contributed by atoms with E-state index < -0.39 is 0 Å². The van der Waals surface area contributed by atoms with Crippen molar-refractivity contribution >= 4 is 11.6 Å². The Morgan fingerprint density at radius 2 is 2.12 bits per heavy atom. The number of nitrogens with zero attached hydrogens (tertiary/aromatic N) is 1. The Bertz CT molecular complexity index is 346. The summed E-state index contributed by atoms with van der Waals surface area (Å²) in [6.45, 7) is 3.25. The third-order valence-electron chi connectivity index (χ3n) is 3.55. The maximum absolute atomic E-state index is 6.20. The minimum Gasteiger partial charge on any atom is -0.317 e. The predicted octanol–water partition coefficient (Wildman–Crippen LogP) is 2.91. The topological polar surface area (TPSA) is 15.3 Å². The Morgan fingerprint density at radius 1 is 1.29 bits per heavy atom. The summed E-state index contributed by atoms with van der Waals surface area (Å²) < 4.78 is 0. The van der Waals surface area contributed by atoms with E-state index in [0.717, 1.165) is 24.7 Å². The summed E-state index contributed by atoms with van der Waals surface area (Å²) in [6, 6.07) is 8.82. The minimum atomic E-state index is 0.682. The lowest BCUT2D eigenvalue weighted by Crippen LogP contribution is -2.32. The monoisotopic (exact) mass is 252 g/mol. The van der Waals surface area contributed by atoms with Crippen molar-refractivity contribution in [3.8, 4) is 0 Å². The molecular weight excluding hydrogens is 232 g/mol. The normalized spacial score (nSPS) is 21.5. The van der Waals surface area contributed by atoms with E-state index >= 15 is 0 Å². The van der Waals surface area contributed by atoms with Crippen molar-refractivity contribution in [3.63, 3.8) is 0 Å². The molecule has 1 aromatic rings. The van der Waals surface area contributed by atoms with Crippen LogP contribution in [0.25, 0.3) is 0 Å². The third-order valence-corrected chi connectivity index (χ3v) is 3.91. The molecule has 0 saturated carbocycles. The fourth-order valence-electron chi connectivity index (χ4n) is 2.47. The van der Waals surface area contributed by atoms with E-state index in [1.165, 1.54) is 24.8 Å². The second kappa shape index (κ2) is 6.39. The van der Waals surface area contributed by atoms with Crippen LogP contribution in [0.4, 0.5) is 0 Å². The van der Waals surface area contributed by atoms with Crippen molar-refractivity contribution < 1.29 is 0 Å². The Balaban J connectivity index is 1.95. The summed E-state index contributed by atoms with van der Waals surface area (Å²) in [7, 11) is 2.21. The molecule has 0 aromatic heterocycles. The molecule has 1 aliphatic heterocycles. The first-order chi connectivity index (χ1) is 8.27. The van der Waals surface area contributed by atoms with Gasteiger partial charge >= 0.3 is 0 Å². The zero-order chi connectivity index (χ0) is 12.1. The van der Waals surface area contributed by atoms with E-state index in [1.54, 1.807) is 0 Å². The first kappa shape index (κ1) is 12.9. The molecular formula is C14H21ClN2. The van der Waals surface area contributed by atoms with Gasteiger partial charge in [-0.05, 0) is 51.0 Å². The summed E-state index contributed by atoms with van der Waals surface area (Å²) in [4.78, 5) is 2.44. The molecule has 0 aliphatic carbocycles. The van der Waals surface area contributed by atoms with Gasteiger partial charge in [-0.15, -0.1) is 0 Å². The fraction of sp³-hybridized carbons (Fsp3) is 0.571. The van der Waals surface area contributed by atoms with Gasteiger partial charge in [-0.3, -0.25) is 4.90 Å². The molecule has 0 spiro atoms. The van der Waals surface area contributed by atoms with Crippen LogP contribution < -0.4 is 5.32 Å². The Kier molecular flexibility index (Phi) is 4.84. The average Bonchev–Trinajstić information content (AvgIpc) is 2.61. The highest BCUT2D eigenvalue weighted by molar-refractivity contribution is 6.31. The lowest BCUT2D eigenvalue weighted by molar-refractivity contribution is 0.216. The van der Waals surface area contributed by atoms with Gasteiger partial charge in [0.15, 0.2) is 0 Å². The van der Waals surface area contributed by atoms with Crippen molar-refractivity contribution in [3.05, 3.63) is 34.9 Å². The van der Waals surface area contributed by atoms with Crippen molar-refractivity contribution in [1.82, 2.24) is 10.2 Å². The Labute approximate surface area is 109 Å². The van der Waals surface area contributed by atoms with Crippen LogP contribution in [0.1, 0.15) is 24.8 Å². The molecule has 1 saturated heterocycles. The zero-order valence-corrected chi connectivity index (χ0v) is 11.2. The van der Waals surface area contributed by atoms with Gasteiger partial charge in [0, 0.05) is 17.6 Å². The van der Waals surface area contributed by atoms with Crippen LogP contribution in [-0.4, -0.2) is 31.1 Å². The van der Waals surface area contributed by atoms with Crippen LogP contribution in [0.2, 0.25) is 5.02 Å². The van der Waals surface area contributed by atoms with Gasteiger partial charge in [0.1, 0.15) is 0 Å². The summed E-state index contributed by atoms with van der Waals surface area (Å²) in [5.74, 6) is 0. The number of hydrogen-bond acceptors (Lipinski definition) is 2. The molecule has 17 heavy (non-hydrogen) atoms. The molecule has 3 heteroatoms. The van der Waals surface area contributed by atoms with E-state index in [-0.39, 0.29) is 0 Å². The maximum Gasteiger partial charge on any atom is 0.0451 e. The second-order valence-corrected chi connectivity index (χ2v) is 5.25. The van der Waals surface area contributed by atoms with Crippen LogP contribution >= 0.6 is 11.6 Å². The number of nitrogens with one attached hydrogen (secondary N) is 1. The molecule has 1 atom stereocenters. The molecule has 1 unspecified atom stereocenters. The smallest absolute Gasteiger partial charge is 0.0451 e. The van der Waals surface area contributed by atoms with Gasteiger partial charge in [-0.25, -0.2) is 0 Å². The minimum absolute atomic E-state index is 0.682. The molecule has 1 fully saturated rings. The van der Waals surface area contributed by atoms with E-state index in [9.17, 15) is 0 Å². The van der Waals surface area contributed by atoms with Crippen LogP contribution in [0.5, 0.6) is 0 Å². The van der Waals surface area contributed by atoms with Crippen molar-refractivity contribution in [2.75, 3.05) is 20.1 Å². The third kappa shape index (κ3) is 3.70. The van der Waals surface area contributed by atoms with Crippen LogP contribution in [0.15, 0.2) is 24.3 Å². The molecule has 2 nitrogen and oxygen atoms in total. The number of halogens is 1. The van der Waals surface area contributed by atoms with Crippen molar-refractivity contribution in [1.29, 1.82) is 0 Å². The highest BCUT2D eigenvalue weighted by Gasteiger charge is 2.17. The Morgan fingerprint density at radius 3 is 2.94 bits per heavy atom. The summed E-state index contributed by atoms with van der Waals surface area (Å²) in [6.07, 6.45) is 3.80. The maximum atomic E-state index is 6.20. The lowest BCUT2D eigenvalue weighted by atomic mass is 10.1. The lowest BCUT2D eigenvalue weighted by Gasteiger charge is -2.27. The van der Waals surface area contributed by atoms with Gasteiger partial charge in [0.2, 0.25) is 0 Å². The zero-order valence-electron chi connectivity index (χ0n) is 10.5. The van der Waals surface area contributed by atoms with Gasteiger partial charge in [-0.1, -0.05) is 29.8 Å². The summed E-state index contributed by atoms with van der Waals surface area (Å²) in [5, 5.41) is 4.34. The van der Waals surface area contributed by atoms with Gasteiger partial charge < -0.3 is 5.32 Å². The fourth-order valence-corrected chi connectivity index (χ4v) is 2.66. The second-order valence-electron chi connectivity index (χ2n) is 4.84. The first-order valence-corrected chi connectivity index (χ1v) is 6.79. The quantitative estimate of drug-likeness (QED) is 0.890. The van der Waals surface area contributed by atoms with E-state index in [4.69, 9.17) is 11.6 Å². The highest BCUT2D eigenvalue weighted by Crippen LogP contribution is 2.20. The first-order valence-electron chi connectivity index (χ1n) is 6.42. The largest absolute Gasteiger partial charge is 0.317 e. The Hall–Kier alpha value is -0.570. The molecule has 2 rings (SSSR count). The average molecular weight is 253 g/mol. The van der Waals surface area contributed by atoms with E-state index in [2.05, 4.69) is 29.4 Å². The molecule has 94 valence electrons. The highest BCUT2D eigenvalue weighted by atomic mass is 35.5. The van der Waals surface area contributed by atoms with Gasteiger partial charge in [0.25, 0.3) is 0 Å². The van der Waals surface area contributed by atoms with Crippen LogP contribution in [0.3, 0.4) is 0 Å². The van der Waals surface area contributed by atoms with Crippen molar-refractivity contribution in [2.24, 2.45) is 0 Å². The molecule has 1 aliphatic rings. The van der Waals surface area contributed by atoms with Crippen molar-refractivity contribution in [2.45, 2.75) is 31.8 Å². The SMILES string of the molecule is CN(Cc1ccccc1Cl)C1CCCNCC1. The molecule has 1 aromatic carbocycles. The van der Waals surface area contributed by atoms with E-state index in [1.807, 2.05) is 12.1 Å². The van der Waals surface area contributed by atoms with Crippen LogP contribution in [0, 0.1) is 0 Å². The number of rotatable bonds is 3. The van der Waals surface area contributed by atoms with Gasteiger partial charge in [-0.2, -0.15) is 0 Å². The molecule has 0 bridgehead atoms. The number of benzene rings is 1. The van der Waals surface area contributed by atoms with E-state index in [0.29, 0.717) is 6.04 Å². The predicted molar refractivity (Wildman–Crippen MR) is 73.4 cm³/mol. The summed E-state index contributed by atoms with van der Waals surface area (Å²) in [5.41, 5.74) is 1.23. The molecule has 0 radical (unpaired) electrons. The molecule has 0 amide bonds. The molecule has 1 N–H and O–H groups in total. The summed E-state index contributed by atoms with van der Waals surface area (Å²) >= 11 is 6.20.